The van der Waals surface area contributed by atoms with E-state index in [0.29, 0.717) is 0 Å². The van der Waals surface area contributed by atoms with E-state index >= 15 is 0 Å². The number of esters is 1. The zero-order valence-corrected chi connectivity index (χ0v) is 14.4. The van der Waals surface area contributed by atoms with E-state index in [1.165, 1.54) is 29.3 Å². The predicted molar refractivity (Wildman–Crippen MR) is 89.6 cm³/mol. The summed E-state index contributed by atoms with van der Waals surface area (Å²) in [6.07, 6.45) is 0. The summed E-state index contributed by atoms with van der Waals surface area (Å²) in [6, 6.07) is 5.76. The van der Waals surface area contributed by atoms with Crippen LogP contribution in [0.15, 0.2) is 29.6 Å². The maximum Gasteiger partial charge on any atom is 0.358 e. The van der Waals surface area contributed by atoms with Crippen molar-refractivity contribution in [2.24, 2.45) is 0 Å². The number of rotatable bonds is 6. The minimum atomic E-state index is -0.753. The number of thiazole rings is 1. The molecule has 25 heavy (non-hydrogen) atoms. The van der Waals surface area contributed by atoms with Crippen LogP contribution in [0.1, 0.15) is 23.0 Å². The molecule has 2 aromatic rings. The number of aromatic nitrogens is 1. The first-order valence-electron chi connectivity index (χ1n) is 7.24. The second-order valence-electron chi connectivity index (χ2n) is 5.17. The molecule has 7 nitrogen and oxygen atoms in total. The second-order valence-corrected chi connectivity index (χ2v) is 6.03. The highest BCUT2D eigenvalue weighted by atomic mass is 32.1. The third-order valence-corrected chi connectivity index (χ3v) is 3.84. The number of hydrogen-bond donors (Lipinski definition) is 1. The first kappa shape index (κ1) is 18.5. The molecular formula is C16H16FN3O4S. The molecule has 0 spiro atoms. The van der Waals surface area contributed by atoms with Gasteiger partial charge in [0.2, 0.25) is 5.91 Å². The predicted octanol–water partition coefficient (Wildman–Crippen LogP) is 2.06. The molecule has 0 radical (unpaired) electrons. The van der Waals surface area contributed by atoms with Gasteiger partial charge in [0, 0.05) is 25.9 Å². The molecule has 132 valence electrons. The van der Waals surface area contributed by atoms with E-state index in [2.05, 4.69) is 10.3 Å². The van der Waals surface area contributed by atoms with Crippen molar-refractivity contribution in [1.82, 2.24) is 9.88 Å². The van der Waals surface area contributed by atoms with E-state index in [-0.39, 0.29) is 29.1 Å². The molecule has 1 heterocycles. The number of hydrogen-bond acceptors (Lipinski definition) is 6. The quantitative estimate of drug-likeness (QED) is 0.792. The Morgan fingerprint density at radius 1 is 1.28 bits per heavy atom. The average molecular weight is 365 g/mol. The zero-order valence-electron chi connectivity index (χ0n) is 13.6. The van der Waals surface area contributed by atoms with Crippen molar-refractivity contribution in [2.75, 3.05) is 19.0 Å². The van der Waals surface area contributed by atoms with Gasteiger partial charge in [-0.2, -0.15) is 0 Å². The first-order chi connectivity index (χ1) is 11.8. The maximum atomic E-state index is 12.9. The van der Waals surface area contributed by atoms with Crippen LogP contribution in [0, 0.1) is 5.82 Å². The molecule has 0 unspecified atom stereocenters. The fourth-order valence-corrected chi connectivity index (χ4v) is 2.56. The average Bonchev–Trinajstić information content (AvgIpc) is 3.02. The molecule has 2 amide bonds. The fraction of sp³-hybridized carbons (Fsp3) is 0.250. The summed E-state index contributed by atoms with van der Waals surface area (Å²) >= 11 is 1.08. The molecule has 1 aromatic carbocycles. The molecule has 0 aliphatic rings. The minimum absolute atomic E-state index is 0.0164. The van der Waals surface area contributed by atoms with Crippen LogP contribution in [0.4, 0.5) is 9.52 Å². The first-order valence-corrected chi connectivity index (χ1v) is 8.12. The summed E-state index contributed by atoms with van der Waals surface area (Å²) in [4.78, 5) is 40.0. The topological polar surface area (TPSA) is 88.6 Å². The van der Waals surface area contributed by atoms with Gasteiger partial charge in [0.05, 0.1) is 0 Å². The number of carbonyl (C=O) groups excluding carboxylic acids is 3. The molecule has 1 N–H and O–H groups in total. The lowest BCUT2D eigenvalue weighted by molar-refractivity contribution is -0.133. The zero-order chi connectivity index (χ0) is 18.4. The van der Waals surface area contributed by atoms with Crippen molar-refractivity contribution >= 4 is 34.3 Å². The molecule has 0 atom stereocenters. The van der Waals surface area contributed by atoms with Crippen LogP contribution in [-0.2, 0) is 20.9 Å². The van der Waals surface area contributed by atoms with Crippen molar-refractivity contribution in [3.63, 3.8) is 0 Å². The minimum Gasteiger partial charge on any atom is -0.451 e. The van der Waals surface area contributed by atoms with Crippen LogP contribution in [-0.4, -0.2) is 41.3 Å². The van der Waals surface area contributed by atoms with Crippen LogP contribution >= 0.6 is 11.3 Å². The van der Waals surface area contributed by atoms with Crippen molar-refractivity contribution in [3.05, 3.63) is 46.7 Å². The Morgan fingerprint density at radius 2 is 1.96 bits per heavy atom. The summed E-state index contributed by atoms with van der Waals surface area (Å²) < 4.78 is 17.8. The van der Waals surface area contributed by atoms with Gasteiger partial charge in [-0.3, -0.25) is 9.59 Å². The van der Waals surface area contributed by atoms with Crippen molar-refractivity contribution in [2.45, 2.75) is 13.5 Å². The molecule has 0 aliphatic carbocycles. The fourth-order valence-electron chi connectivity index (χ4n) is 1.84. The number of likely N-dealkylation sites (N-methyl/N-ethyl adjacent to an activating group) is 1. The van der Waals surface area contributed by atoms with Crippen LogP contribution in [0.3, 0.4) is 0 Å². The number of amides is 2. The van der Waals surface area contributed by atoms with E-state index < -0.39 is 18.5 Å². The molecular weight excluding hydrogens is 349 g/mol. The Balaban J connectivity index is 1.83. The lowest BCUT2D eigenvalue weighted by atomic mass is 10.2. The summed E-state index contributed by atoms with van der Waals surface area (Å²) in [7, 11) is 1.55. The van der Waals surface area contributed by atoms with Gasteiger partial charge in [-0.25, -0.2) is 14.2 Å². The molecule has 2 rings (SSSR count). The van der Waals surface area contributed by atoms with Gasteiger partial charge >= 0.3 is 5.97 Å². The number of ether oxygens (including phenoxy) is 1. The van der Waals surface area contributed by atoms with Crippen molar-refractivity contribution < 1.29 is 23.5 Å². The summed E-state index contributed by atoms with van der Waals surface area (Å²) in [5, 5.41) is 4.16. The smallest absolute Gasteiger partial charge is 0.358 e. The van der Waals surface area contributed by atoms with E-state index in [4.69, 9.17) is 4.74 Å². The number of nitrogens with one attached hydrogen (secondary N) is 1. The highest BCUT2D eigenvalue weighted by molar-refractivity contribution is 7.14. The van der Waals surface area contributed by atoms with Gasteiger partial charge in [-0.15, -0.1) is 11.3 Å². The Kier molecular flexibility index (Phi) is 6.18. The number of benzene rings is 1. The van der Waals surface area contributed by atoms with Gasteiger partial charge in [0.25, 0.3) is 5.91 Å². The van der Waals surface area contributed by atoms with E-state index in [9.17, 15) is 18.8 Å². The van der Waals surface area contributed by atoms with Gasteiger partial charge in [0.1, 0.15) is 5.82 Å². The lowest BCUT2D eigenvalue weighted by Crippen LogP contribution is -2.30. The maximum absolute atomic E-state index is 12.9. The molecule has 0 bridgehead atoms. The lowest BCUT2D eigenvalue weighted by Gasteiger charge is -2.17. The number of anilines is 1. The number of carbonyl (C=O) groups is 3. The third kappa shape index (κ3) is 5.64. The van der Waals surface area contributed by atoms with Gasteiger partial charge in [-0.05, 0) is 17.7 Å². The van der Waals surface area contributed by atoms with E-state index in [0.717, 1.165) is 16.9 Å². The van der Waals surface area contributed by atoms with Crippen molar-refractivity contribution in [1.29, 1.82) is 0 Å². The molecule has 1 aromatic heterocycles. The molecule has 0 saturated heterocycles. The van der Waals surface area contributed by atoms with Gasteiger partial charge < -0.3 is 15.0 Å². The van der Waals surface area contributed by atoms with Crippen molar-refractivity contribution in [3.8, 4) is 0 Å². The van der Waals surface area contributed by atoms with E-state index in [1.54, 1.807) is 19.2 Å². The van der Waals surface area contributed by atoms with Crippen LogP contribution in [0.5, 0.6) is 0 Å². The van der Waals surface area contributed by atoms with Crippen LogP contribution in [0.2, 0.25) is 0 Å². The Bertz CT molecular complexity index is 776. The highest BCUT2D eigenvalue weighted by Gasteiger charge is 2.16. The van der Waals surface area contributed by atoms with Crippen LogP contribution < -0.4 is 5.32 Å². The van der Waals surface area contributed by atoms with E-state index in [1.807, 2.05) is 0 Å². The summed E-state index contributed by atoms with van der Waals surface area (Å²) in [5.74, 6) is -1.81. The van der Waals surface area contributed by atoms with Gasteiger partial charge in [-0.1, -0.05) is 12.1 Å². The normalized spacial score (nSPS) is 10.2. The Morgan fingerprint density at radius 3 is 2.60 bits per heavy atom. The molecule has 0 fully saturated rings. The molecule has 0 saturated carbocycles. The summed E-state index contributed by atoms with van der Waals surface area (Å²) in [5.41, 5.74) is 0.769. The Hall–Kier alpha value is -2.81. The number of nitrogens with zero attached hydrogens (tertiary/aromatic N) is 2. The summed E-state index contributed by atoms with van der Waals surface area (Å²) in [6.45, 7) is 1.15. The highest BCUT2D eigenvalue weighted by Crippen LogP contribution is 2.16. The SMILES string of the molecule is CC(=O)Nc1nc(C(=O)OCC(=O)N(C)Cc2ccc(F)cc2)cs1. The standard InChI is InChI=1S/C16H16FN3O4S/c1-10(21)18-16-19-13(9-25-16)15(23)24-8-14(22)20(2)7-11-3-5-12(17)6-4-11/h3-6,9H,7-8H2,1-2H3,(H,18,19,21). The third-order valence-electron chi connectivity index (χ3n) is 3.08. The Labute approximate surface area is 147 Å². The monoisotopic (exact) mass is 365 g/mol. The van der Waals surface area contributed by atoms with Gasteiger partial charge in [0.15, 0.2) is 17.4 Å². The van der Waals surface area contributed by atoms with Crippen LogP contribution in [0.25, 0.3) is 0 Å². The molecule has 9 heteroatoms. The molecule has 0 aliphatic heterocycles. The number of halogens is 1. The largest absolute Gasteiger partial charge is 0.451 e. The second kappa shape index (κ2) is 8.34.